The summed E-state index contributed by atoms with van der Waals surface area (Å²) in [5.74, 6) is -0.169. The molecule has 0 spiro atoms. The van der Waals surface area contributed by atoms with Crippen LogP contribution in [0.3, 0.4) is 0 Å². The molecular formula is C18H14BrNO3S. The second-order valence-electron chi connectivity index (χ2n) is 5.41. The SMILES string of the molecule is Cc1ccccc1CN1C(=O)S/C(=C\c2ccc(O)c(Br)c2)C1=O. The first-order valence-electron chi connectivity index (χ1n) is 7.24. The molecule has 1 aliphatic rings. The lowest BCUT2D eigenvalue weighted by Gasteiger charge is -2.14. The minimum Gasteiger partial charge on any atom is -0.507 e. The topological polar surface area (TPSA) is 57.6 Å². The Hall–Kier alpha value is -2.05. The number of aromatic hydroxyl groups is 1. The number of rotatable bonds is 3. The Kier molecular flexibility index (Phi) is 4.78. The minimum atomic E-state index is -0.294. The van der Waals surface area contributed by atoms with Crippen LogP contribution in [0.1, 0.15) is 16.7 Å². The van der Waals surface area contributed by atoms with Crippen molar-refractivity contribution in [3.63, 3.8) is 0 Å². The van der Waals surface area contributed by atoms with Crippen molar-refractivity contribution in [2.24, 2.45) is 0 Å². The molecule has 0 aliphatic carbocycles. The van der Waals surface area contributed by atoms with Gasteiger partial charge < -0.3 is 5.11 Å². The third-order valence-corrected chi connectivity index (χ3v) is 5.28. The van der Waals surface area contributed by atoms with Crippen LogP contribution in [-0.2, 0) is 11.3 Å². The highest BCUT2D eigenvalue weighted by Gasteiger charge is 2.35. The van der Waals surface area contributed by atoms with E-state index in [4.69, 9.17) is 0 Å². The Morgan fingerprint density at radius 2 is 1.96 bits per heavy atom. The number of aryl methyl sites for hydroxylation is 1. The summed E-state index contributed by atoms with van der Waals surface area (Å²) >= 11 is 4.17. The van der Waals surface area contributed by atoms with Crippen LogP contribution in [0, 0.1) is 6.92 Å². The number of phenolic OH excluding ortho intramolecular Hbond substituents is 1. The first-order chi connectivity index (χ1) is 11.5. The molecule has 2 amide bonds. The molecule has 0 saturated carbocycles. The van der Waals surface area contributed by atoms with Crippen molar-refractivity contribution in [2.45, 2.75) is 13.5 Å². The van der Waals surface area contributed by atoms with Crippen LogP contribution in [0.5, 0.6) is 5.75 Å². The molecule has 122 valence electrons. The van der Waals surface area contributed by atoms with Gasteiger partial charge in [-0.1, -0.05) is 30.3 Å². The zero-order chi connectivity index (χ0) is 17.3. The molecule has 1 aliphatic heterocycles. The fourth-order valence-electron chi connectivity index (χ4n) is 2.36. The number of hydrogen-bond donors (Lipinski definition) is 1. The van der Waals surface area contributed by atoms with E-state index in [0.29, 0.717) is 9.38 Å². The summed E-state index contributed by atoms with van der Waals surface area (Å²) in [4.78, 5) is 26.4. The van der Waals surface area contributed by atoms with Crippen LogP contribution < -0.4 is 0 Å². The van der Waals surface area contributed by atoms with Crippen molar-refractivity contribution >= 4 is 44.9 Å². The van der Waals surface area contributed by atoms with Crippen LogP contribution in [0.25, 0.3) is 6.08 Å². The highest BCUT2D eigenvalue weighted by Crippen LogP contribution is 2.34. The number of hydrogen-bond acceptors (Lipinski definition) is 4. The maximum Gasteiger partial charge on any atom is 0.293 e. The van der Waals surface area contributed by atoms with Crippen LogP contribution in [-0.4, -0.2) is 21.2 Å². The Balaban J connectivity index is 1.84. The molecule has 4 nitrogen and oxygen atoms in total. The van der Waals surface area contributed by atoms with Crippen LogP contribution in [0.15, 0.2) is 51.8 Å². The zero-order valence-corrected chi connectivity index (χ0v) is 15.2. The van der Waals surface area contributed by atoms with Gasteiger partial charge in [0.05, 0.1) is 15.9 Å². The molecule has 0 aromatic heterocycles. The Morgan fingerprint density at radius 3 is 2.67 bits per heavy atom. The summed E-state index contributed by atoms with van der Waals surface area (Å²) in [7, 11) is 0. The highest BCUT2D eigenvalue weighted by molar-refractivity contribution is 9.10. The monoisotopic (exact) mass is 403 g/mol. The van der Waals surface area contributed by atoms with Gasteiger partial charge in [0.15, 0.2) is 0 Å². The summed E-state index contributed by atoms with van der Waals surface area (Å²) in [6.45, 7) is 2.23. The second kappa shape index (κ2) is 6.83. The lowest BCUT2D eigenvalue weighted by Crippen LogP contribution is -2.27. The maximum atomic E-state index is 12.5. The number of phenols is 1. The number of imide groups is 1. The molecule has 0 unspecified atom stereocenters. The minimum absolute atomic E-state index is 0.125. The number of amides is 2. The quantitative estimate of drug-likeness (QED) is 0.754. The third kappa shape index (κ3) is 3.39. The van der Waals surface area contributed by atoms with E-state index >= 15 is 0 Å². The lowest BCUT2D eigenvalue weighted by atomic mass is 10.1. The number of halogens is 1. The van der Waals surface area contributed by atoms with Crippen molar-refractivity contribution in [2.75, 3.05) is 0 Å². The first-order valence-corrected chi connectivity index (χ1v) is 8.85. The normalized spacial score (nSPS) is 16.2. The molecule has 0 radical (unpaired) electrons. The van der Waals surface area contributed by atoms with Crippen molar-refractivity contribution < 1.29 is 14.7 Å². The Morgan fingerprint density at radius 1 is 1.21 bits per heavy atom. The van der Waals surface area contributed by atoms with E-state index in [1.807, 2.05) is 31.2 Å². The van der Waals surface area contributed by atoms with Gasteiger partial charge in [0, 0.05) is 0 Å². The maximum absolute atomic E-state index is 12.5. The average molecular weight is 404 g/mol. The fourth-order valence-corrected chi connectivity index (χ4v) is 3.59. The summed E-state index contributed by atoms with van der Waals surface area (Å²) in [5.41, 5.74) is 2.73. The van der Waals surface area contributed by atoms with Crippen molar-refractivity contribution in [1.82, 2.24) is 4.90 Å². The van der Waals surface area contributed by atoms with Gasteiger partial charge in [-0.3, -0.25) is 14.5 Å². The molecule has 3 rings (SSSR count). The van der Waals surface area contributed by atoms with Gasteiger partial charge in [0.2, 0.25) is 0 Å². The molecule has 1 fully saturated rings. The molecule has 24 heavy (non-hydrogen) atoms. The summed E-state index contributed by atoms with van der Waals surface area (Å²) in [5, 5.41) is 9.26. The lowest BCUT2D eigenvalue weighted by molar-refractivity contribution is -0.123. The zero-order valence-electron chi connectivity index (χ0n) is 12.8. The molecule has 0 atom stereocenters. The summed E-state index contributed by atoms with van der Waals surface area (Å²) in [6, 6.07) is 12.6. The largest absolute Gasteiger partial charge is 0.507 e. The Bertz CT molecular complexity index is 863. The van der Waals surface area contributed by atoms with E-state index in [2.05, 4.69) is 15.9 Å². The smallest absolute Gasteiger partial charge is 0.293 e. The van der Waals surface area contributed by atoms with E-state index in [1.54, 1.807) is 18.2 Å². The molecule has 0 bridgehead atoms. The van der Waals surface area contributed by atoms with Crippen molar-refractivity contribution in [3.05, 3.63) is 68.5 Å². The van der Waals surface area contributed by atoms with Gasteiger partial charge in [0.25, 0.3) is 11.1 Å². The van der Waals surface area contributed by atoms with Gasteiger partial charge in [-0.25, -0.2) is 0 Å². The average Bonchev–Trinajstić information content (AvgIpc) is 2.80. The van der Waals surface area contributed by atoms with E-state index in [1.165, 1.54) is 11.0 Å². The van der Waals surface area contributed by atoms with E-state index in [-0.39, 0.29) is 23.4 Å². The van der Waals surface area contributed by atoms with Gasteiger partial charge in [0.1, 0.15) is 5.75 Å². The van der Waals surface area contributed by atoms with Gasteiger partial charge in [-0.2, -0.15) is 0 Å². The van der Waals surface area contributed by atoms with Gasteiger partial charge in [-0.15, -0.1) is 0 Å². The molecule has 1 saturated heterocycles. The molecule has 2 aromatic rings. The van der Waals surface area contributed by atoms with Gasteiger partial charge >= 0.3 is 0 Å². The second-order valence-corrected chi connectivity index (χ2v) is 7.25. The van der Waals surface area contributed by atoms with Crippen LogP contribution in [0.2, 0.25) is 0 Å². The van der Waals surface area contributed by atoms with Gasteiger partial charge in [-0.05, 0) is 69.5 Å². The number of nitrogens with zero attached hydrogens (tertiary/aromatic N) is 1. The number of carbonyl (C=O) groups excluding carboxylic acids is 2. The standard InChI is InChI=1S/C18H14BrNO3S/c1-11-4-2-3-5-13(11)10-20-17(22)16(24-18(20)23)9-12-6-7-15(21)14(19)8-12/h2-9,21H,10H2,1H3/b16-9-. The molecule has 1 heterocycles. The molecule has 6 heteroatoms. The summed E-state index contributed by atoms with van der Waals surface area (Å²) in [6.07, 6.45) is 1.66. The third-order valence-electron chi connectivity index (χ3n) is 3.73. The van der Waals surface area contributed by atoms with E-state index in [0.717, 1.165) is 28.5 Å². The number of carbonyl (C=O) groups is 2. The molecule has 2 aromatic carbocycles. The van der Waals surface area contributed by atoms with E-state index < -0.39 is 0 Å². The van der Waals surface area contributed by atoms with Crippen molar-refractivity contribution in [1.29, 1.82) is 0 Å². The molecule has 1 N–H and O–H groups in total. The summed E-state index contributed by atoms with van der Waals surface area (Å²) < 4.78 is 0.537. The van der Waals surface area contributed by atoms with E-state index in [9.17, 15) is 14.7 Å². The number of benzene rings is 2. The number of thioether (sulfide) groups is 1. The van der Waals surface area contributed by atoms with Crippen LogP contribution >= 0.6 is 27.7 Å². The first kappa shape index (κ1) is 16.8. The Labute approximate surface area is 152 Å². The highest BCUT2D eigenvalue weighted by atomic mass is 79.9. The molecular weight excluding hydrogens is 390 g/mol. The predicted molar refractivity (Wildman–Crippen MR) is 98.5 cm³/mol. The van der Waals surface area contributed by atoms with Crippen LogP contribution in [0.4, 0.5) is 4.79 Å². The predicted octanol–water partition coefficient (Wildman–Crippen LogP) is 4.70. The van der Waals surface area contributed by atoms with Crippen molar-refractivity contribution in [3.8, 4) is 5.75 Å². The fraction of sp³-hybridized carbons (Fsp3) is 0.111.